The highest BCUT2D eigenvalue weighted by molar-refractivity contribution is 5.54. The first-order chi connectivity index (χ1) is 11.8. The first-order valence-electron chi connectivity index (χ1n) is 9.42. The first kappa shape index (κ1) is 18.4. The molecule has 0 amide bonds. The van der Waals surface area contributed by atoms with Gasteiger partial charge < -0.3 is 10.6 Å². The molecular formula is C22H32N2. The molecule has 0 aromatic heterocycles. The monoisotopic (exact) mass is 324 g/mol. The lowest BCUT2D eigenvalue weighted by molar-refractivity contribution is 0.594. The summed E-state index contributed by atoms with van der Waals surface area (Å²) in [6.07, 6.45) is 7.64. The molecule has 0 aliphatic heterocycles. The average Bonchev–Trinajstić information content (AvgIpc) is 2.61. The van der Waals surface area contributed by atoms with E-state index in [1.54, 1.807) is 0 Å². The smallest absolute Gasteiger partial charge is 0.0343 e. The van der Waals surface area contributed by atoms with Crippen LogP contribution in [0.15, 0.2) is 54.6 Å². The molecule has 1 unspecified atom stereocenters. The molecule has 24 heavy (non-hydrogen) atoms. The summed E-state index contributed by atoms with van der Waals surface area (Å²) in [7, 11) is 0. The number of anilines is 2. The lowest BCUT2D eigenvalue weighted by Crippen LogP contribution is -2.14. The van der Waals surface area contributed by atoms with Crippen molar-refractivity contribution in [3.63, 3.8) is 0 Å². The van der Waals surface area contributed by atoms with E-state index >= 15 is 0 Å². The van der Waals surface area contributed by atoms with Gasteiger partial charge in [0.05, 0.1) is 0 Å². The lowest BCUT2D eigenvalue weighted by Gasteiger charge is -2.15. The Bertz CT molecular complexity index is 548. The second-order valence-corrected chi connectivity index (χ2v) is 6.63. The Morgan fingerprint density at radius 1 is 0.833 bits per heavy atom. The van der Waals surface area contributed by atoms with Crippen LogP contribution in [0, 0.1) is 0 Å². The van der Waals surface area contributed by atoms with Crippen molar-refractivity contribution in [1.29, 1.82) is 0 Å². The predicted octanol–water partition coefficient (Wildman–Crippen LogP) is 6.11. The van der Waals surface area contributed by atoms with Crippen LogP contribution >= 0.6 is 0 Å². The zero-order chi connectivity index (χ0) is 17.0. The summed E-state index contributed by atoms with van der Waals surface area (Å²) in [6, 6.07) is 19.8. The van der Waals surface area contributed by atoms with E-state index in [1.807, 2.05) is 0 Å². The van der Waals surface area contributed by atoms with Gasteiger partial charge in [0.2, 0.25) is 0 Å². The van der Waals surface area contributed by atoms with Gasteiger partial charge >= 0.3 is 0 Å². The van der Waals surface area contributed by atoms with Crippen LogP contribution in [0.2, 0.25) is 0 Å². The van der Waals surface area contributed by atoms with Crippen molar-refractivity contribution in [3.8, 4) is 0 Å². The summed E-state index contributed by atoms with van der Waals surface area (Å²) in [5.41, 5.74) is 3.78. The van der Waals surface area contributed by atoms with Gasteiger partial charge in [0.25, 0.3) is 0 Å². The molecule has 2 N–H and O–H groups in total. The second kappa shape index (κ2) is 10.7. The van der Waals surface area contributed by atoms with E-state index < -0.39 is 0 Å². The van der Waals surface area contributed by atoms with E-state index in [0.29, 0.717) is 6.04 Å². The Hall–Kier alpha value is -1.96. The summed E-state index contributed by atoms with van der Waals surface area (Å²) in [5, 5.41) is 7.09. The maximum atomic E-state index is 3.60. The minimum Gasteiger partial charge on any atom is -0.385 e. The third kappa shape index (κ3) is 7.08. The van der Waals surface area contributed by atoms with Gasteiger partial charge in [-0.3, -0.25) is 0 Å². The summed E-state index contributed by atoms with van der Waals surface area (Å²) in [6.45, 7) is 5.50. The van der Waals surface area contributed by atoms with Gasteiger partial charge in [-0.15, -0.1) is 0 Å². The van der Waals surface area contributed by atoms with Gasteiger partial charge in [-0.05, 0) is 49.6 Å². The third-order valence-electron chi connectivity index (χ3n) is 4.37. The molecule has 0 heterocycles. The van der Waals surface area contributed by atoms with E-state index in [0.717, 1.165) is 13.0 Å². The molecule has 0 bridgehead atoms. The van der Waals surface area contributed by atoms with E-state index in [1.165, 1.54) is 49.0 Å². The van der Waals surface area contributed by atoms with Crippen LogP contribution in [0.5, 0.6) is 0 Å². The Morgan fingerprint density at radius 2 is 1.54 bits per heavy atom. The average molecular weight is 325 g/mol. The van der Waals surface area contributed by atoms with Crippen molar-refractivity contribution < 1.29 is 0 Å². The predicted molar refractivity (Wildman–Crippen MR) is 107 cm³/mol. The van der Waals surface area contributed by atoms with Crippen LogP contribution in [0.4, 0.5) is 11.4 Å². The van der Waals surface area contributed by atoms with Gasteiger partial charge in [-0.25, -0.2) is 0 Å². The highest BCUT2D eigenvalue weighted by Gasteiger charge is 2.02. The van der Waals surface area contributed by atoms with E-state index in [2.05, 4.69) is 79.1 Å². The molecule has 2 rings (SSSR count). The second-order valence-electron chi connectivity index (χ2n) is 6.63. The third-order valence-corrected chi connectivity index (χ3v) is 4.37. The van der Waals surface area contributed by atoms with Gasteiger partial charge in [0.15, 0.2) is 0 Å². The van der Waals surface area contributed by atoms with Crippen LogP contribution in [0.3, 0.4) is 0 Å². The molecule has 0 radical (unpaired) electrons. The largest absolute Gasteiger partial charge is 0.385 e. The molecule has 2 nitrogen and oxygen atoms in total. The van der Waals surface area contributed by atoms with Crippen LogP contribution in [0.1, 0.15) is 51.5 Å². The number of unbranched alkanes of at least 4 members (excludes halogenated alkanes) is 3. The van der Waals surface area contributed by atoms with Gasteiger partial charge in [0, 0.05) is 24.0 Å². The molecule has 2 aromatic rings. The lowest BCUT2D eigenvalue weighted by atomic mass is 10.1. The molecule has 0 aliphatic carbocycles. The highest BCUT2D eigenvalue weighted by atomic mass is 14.9. The number of hydrogen-bond donors (Lipinski definition) is 2. The molecule has 0 fully saturated rings. The van der Waals surface area contributed by atoms with Crippen molar-refractivity contribution in [1.82, 2.24) is 0 Å². The summed E-state index contributed by atoms with van der Waals surface area (Å²) in [4.78, 5) is 0. The highest BCUT2D eigenvalue weighted by Crippen LogP contribution is 2.16. The molecule has 1 atom stereocenters. The minimum absolute atomic E-state index is 0.541. The van der Waals surface area contributed by atoms with Gasteiger partial charge in [-0.2, -0.15) is 0 Å². The van der Waals surface area contributed by atoms with Crippen LogP contribution in [-0.2, 0) is 6.42 Å². The van der Waals surface area contributed by atoms with E-state index in [4.69, 9.17) is 0 Å². The van der Waals surface area contributed by atoms with Crippen molar-refractivity contribution in [3.05, 3.63) is 60.2 Å². The summed E-state index contributed by atoms with van der Waals surface area (Å²) < 4.78 is 0. The van der Waals surface area contributed by atoms with Gasteiger partial charge in [-0.1, -0.05) is 62.9 Å². The van der Waals surface area contributed by atoms with Crippen molar-refractivity contribution in [2.45, 2.75) is 58.4 Å². The Labute approximate surface area is 147 Å². The number of rotatable bonds is 11. The fraction of sp³-hybridized carbons (Fsp3) is 0.455. The Balaban J connectivity index is 1.68. The number of benzene rings is 2. The first-order valence-corrected chi connectivity index (χ1v) is 9.42. The zero-order valence-electron chi connectivity index (χ0n) is 15.2. The normalized spacial score (nSPS) is 11.9. The maximum absolute atomic E-state index is 3.60. The molecule has 0 aliphatic rings. The SMILES string of the molecule is CCCCCCC(C)Nc1ccc(NCCc2ccccc2)cc1. The summed E-state index contributed by atoms with van der Waals surface area (Å²) in [5.74, 6) is 0. The summed E-state index contributed by atoms with van der Waals surface area (Å²) >= 11 is 0. The molecule has 0 spiro atoms. The Morgan fingerprint density at radius 3 is 2.25 bits per heavy atom. The standard InChI is InChI=1S/C22H32N2/c1-3-4-5-7-10-19(2)24-22-15-13-21(14-16-22)23-18-17-20-11-8-6-9-12-20/h6,8-9,11-16,19,23-24H,3-5,7,10,17-18H2,1-2H3. The van der Waals surface area contributed by atoms with Crippen molar-refractivity contribution in [2.24, 2.45) is 0 Å². The topological polar surface area (TPSA) is 24.1 Å². The molecule has 0 saturated carbocycles. The molecular weight excluding hydrogens is 292 g/mol. The maximum Gasteiger partial charge on any atom is 0.0343 e. The fourth-order valence-electron chi connectivity index (χ4n) is 2.91. The van der Waals surface area contributed by atoms with E-state index in [9.17, 15) is 0 Å². The quantitative estimate of drug-likeness (QED) is 0.487. The van der Waals surface area contributed by atoms with E-state index in [-0.39, 0.29) is 0 Å². The molecule has 130 valence electrons. The van der Waals surface area contributed by atoms with Crippen molar-refractivity contribution >= 4 is 11.4 Å². The van der Waals surface area contributed by atoms with Crippen molar-refractivity contribution in [2.75, 3.05) is 17.2 Å². The molecule has 0 saturated heterocycles. The number of nitrogens with one attached hydrogen (secondary N) is 2. The van der Waals surface area contributed by atoms with Crippen LogP contribution in [-0.4, -0.2) is 12.6 Å². The van der Waals surface area contributed by atoms with Crippen LogP contribution in [0.25, 0.3) is 0 Å². The van der Waals surface area contributed by atoms with Gasteiger partial charge in [0.1, 0.15) is 0 Å². The number of hydrogen-bond acceptors (Lipinski definition) is 2. The Kier molecular flexibility index (Phi) is 8.23. The molecule has 2 heteroatoms. The fourth-order valence-corrected chi connectivity index (χ4v) is 2.91. The molecule has 2 aromatic carbocycles. The minimum atomic E-state index is 0.541. The van der Waals surface area contributed by atoms with Crippen LogP contribution < -0.4 is 10.6 Å². The zero-order valence-corrected chi connectivity index (χ0v) is 15.2.